The lowest BCUT2D eigenvalue weighted by Crippen LogP contribution is -2.23. The molecule has 0 aliphatic heterocycles. The fourth-order valence-electron chi connectivity index (χ4n) is 1.99. The van der Waals surface area contributed by atoms with E-state index in [9.17, 15) is 0 Å². The molecule has 1 aromatic rings. The van der Waals surface area contributed by atoms with Crippen LogP contribution in [0.3, 0.4) is 0 Å². The van der Waals surface area contributed by atoms with Crippen LogP contribution in [0.5, 0.6) is 0 Å². The number of halogens is 1. The molecule has 1 aromatic carbocycles. The zero-order chi connectivity index (χ0) is 13.7. The maximum Gasteiger partial charge on any atom is 0.0459 e. The average Bonchev–Trinajstić information content (AvgIpc) is 2.30. The van der Waals surface area contributed by atoms with Crippen molar-refractivity contribution in [1.29, 1.82) is 0 Å². The van der Waals surface area contributed by atoms with Gasteiger partial charge in [0.25, 0.3) is 0 Å². The molecule has 2 nitrogen and oxygen atoms in total. The Hall–Kier alpha value is -0.730. The molecule has 0 aromatic heterocycles. The average molecular weight is 269 g/mol. The number of rotatable bonds is 6. The van der Waals surface area contributed by atoms with E-state index >= 15 is 0 Å². The fourth-order valence-corrected chi connectivity index (χ4v) is 2.24. The summed E-state index contributed by atoms with van der Waals surface area (Å²) in [4.78, 5) is 2.26. The molecule has 0 heterocycles. The van der Waals surface area contributed by atoms with E-state index in [0.717, 1.165) is 23.6 Å². The molecule has 102 valence electrons. The number of nitrogens with zero attached hydrogens (tertiary/aromatic N) is 1. The highest BCUT2D eigenvalue weighted by molar-refractivity contribution is 6.31. The van der Waals surface area contributed by atoms with E-state index in [0.29, 0.717) is 5.92 Å². The topological polar surface area (TPSA) is 29.3 Å². The molecule has 2 N–H and O–H groups in total. The predicted molar refractivity (Wildman–Crippen MR) is 81.5 cm³/mol. The maximum atomic E-state index is 6.31. The standard InChI is InChI=1S/C15H25ClN2/c1-5-11(2)10-18(4)14-7-6-13(8-12(3)17)15(16)9-14/h6-7,9,11-12H,5,8,10,17H2,1-4H3. The second-order valence-electron chi connectivity index (χ2n) is 5.35. The summed E-state index contributed by atoms with van der Waals surface area (Å²) in [6.07, 6.45) is 2.02. The van der Waals surface area contributed by atoms with Crippen molar-refractivity contribution in [3.8, 4) is 0 Å². The highest BCUT2D eigenvalue weighted by atomic mass is 35.5. The van der Waals surface area contributed by atoms with Crippen LogP contribution in [0.25, 0.3) is 0 Å². The van der Waals surface area contributed by atoms with Gasteiger partial charge in [0.05, 0.1) is 0 Å². The van der Waals surface area contributed by atoms with Gasteiger partial charge >= 0.3 is 0 Å². The maximum absolute atomic E-state index is 6.31. The van der Waals surface area contributed by atoms with E-state index in [4.69, 9.17) is 17.3 Å². The van der Waals surface area contributed by atoms with Crippen molar-refractivity contribution < 1.29 is 0 Å². The number of hydrogen-bond donors (Lipinski definition) is 1. The summed E-state index contributed by atoms with van der Waals surface area (Å²) in [7, 11) is 2.11. The minimum absolute atomic E-state index is 0.145. The lowest BCUT2D eigenvalue weighted by Gasteiger charge is -2.23. The molecule has 1 rings (SSSR count). The first kappa shape index (κ1) is 15.3. The zero-order valence-electron chi connectivity index (χ0n) is 11.9. The summed E-state index contributed by atoms with van der Waals surface area (Å²) in [5.41, 5.74) is 8.11. The predicted octanol–water partition coefficient (Wildman–Crippen LogP) is 3.71. The van der Waals surface area contributed by atoms with Gasteiger partial charge < -0.3 is 10.6 Å². The molecule has 18 heavy (non-hydrogen) atoms. The molecule has 3 heteroatoms. The first-order valence-corrected chi connectivity index (χ1v) is 7.07. The highest BCUT2D eigenvalue weighted by Crippen LogP contribution is 2.24. The summed E-state index contributed by atoms with van der Waals surface area (Å²) in [5.74, 6) is 0.692. The molecule has 0 amide bonds. The van der Waals surface area contributed by atoms with E-state index in [1.807, 2.05) is 13.0 Å². The van der Waals surface area contributed by atoms with Crippen LogP contribution in [0.15, 0.2) is 18.2 Å². The van der Waals surface area contributed by atoms with Gasteiger partial charge in [-0.25, -0.2) is 0 Å². The number of benzene rings is 1. The van der Waals surface area contributed by atoms with Gasteiger partial charge in [-0.15, -0.1) is 0 Å². The molecular weight excluding hydrogens is 244 g/mol. The van der Waals surface area contributed by atoms with Crippen LogP contribution >= 0.6 is 11.6 Å². The van der Waals surface area contributed by atoms with Crippen molar-refractivity contribution in [2.75, 3.05) is 18.5 Å². The third-order valence-electron chi connectivity index (χ3n) is 3.30. The van der Waals surface area contributed by atoms with Crippen LogP contribution in [-0.2, 0) is 6.42 Å². The third-order valence-corrected chi connectivity index (χ3v) is 3.65. The van der Waals surface area contributed by atoms with Gasteiger partial charge in [-0.2, -0.15) is 0 Å². The van der Waals surface area contributed by atoms with Crippen molar-refractivity contribution in [2.45, 2.75) is 39.7 Å². The van der Waals surface area contributed by atoms with Gasteiger partial charge in [0.15, 0.2) is 0 Å². The third kappa shape index (κ3) is 4.51. The van der Waals surface area contributed by atoms with Crippen LogP contribution in [0.1, 0.15) is 32.8 Å². The lowest BCUT2D eigenvalue weighted by atomic mass is 10.1. The van der Waals surface area contributed by atoms with Crippen LogP contribution in [-0.4, -0.2) is 19.6 Å². The van der Waals surface area contributed by atoms with Crippen molar-refractivity contribution in [1.82, 2.24) is 0 Å². The van der Waals surface area contributed by atoms with E-state index < -0.39 is 0 Å². The Balaban J connectivity index is 2.77. The van der Waals surface area contributed by atoms with Gasteiger partial charge in [0, 0.05) is 30.3 Å². The summed E-state index contributed by atoms with van der Waals surface area (Å²) in [5, 5.41) is 0.820. The molecule has 2 unspecified atom stereocenters. The SMILES string of the molecule is CCC(C)CN(C)c1ccc(CC(C)N)c(Cl)c1. The minimum Gasteiger partial charge on any atom is -0.374 e. The van der Waals surface area contributed by atoms with E-state index in [2.05, 4.69) is 37.9 Å². The molecule has 0 saturated carbocycles. The van der Waals surface area contributed by atoms with Crippen molar-refractivity contribution in [3.63, 3.8) is 0 Å². The Morgan fingerprint density at radius 2 is 2.00 bits per heavy atom. The second-order valence-corrected chi connectivity index (χ2v) is 5.76. The Morgan fingerprint density at radius 1 is 1.33 bits per heavy atom. The molecule has 0 saturated heterocycles. The summed E-state index contributed by atoms with van der Waals surface area (Å²) >= 11 is 6.31. The van der Waals surface area contributed by atoms with Crippen LogP contribution in [0.4, 0.5) is 5.69 Å². The van der Waals surface area contributed by atoms with E-state index in [-0.39, 0.29) is 6.04 Å². The smallest absolute Gasteiger partial charge is 0.0459 e. The Labute approximate surface area is 116 Å². The molecule has 0 spiro atoms. The molecule has 0 aliphatic rings. The van der Waals surface area contributed by atoms with E-state index in [1.54, 1.807) is 0 Å². The van der Waals surface area contributed by atoms with Gasteiger partial charge in [-0.1, -0.05) is 37.9 Å². The van der Waals surface area contributed by atoms with Crippen molar-refractivity contribution in [3.05, 3.63) is 28.8 Å². The van der Waals surface area contributed by atoms with Crippen LogP contribution in [0.2, 0.25) is 5.02 Å². The van der Waals surface area contributed by atoms with Gasteiger partial charge in [0.2, 0.25) is 0 Å². The summed E-state index contributed by atoms with van der Waals surface area (Å²) in [6, 6.07) is 6.41. The highest BCUT2D eigenvalue weighted by Gasteiger charge is 2.09. The molecular formula is C15H25ClN2. The minimum atomic E-state index is 0.145. The van der Waals surface area contributed by atoms with Gasteiger partial charge in [0.1, 0.15) is 0 Å². The molecule has 2 atom stereocenters. The fraction of sp³-hybridized carbons (Fsp3) is 0.600. The lowest BCUT2D eigenvalue weighted by molar-refractivity contribution is 0.560. The number of nitrogens with two attached hydrogens (primary N) is 1. The van der Waals surface area contributed by atoms with E-state index in [1.165, 1.54) is 12.1 Å². The van der Waals surface area contributed by atoms with Gasteiger partial charge in [-0.3, -0.25) is 0 Å². The largest absolute Gasteiger partial charge is 0.374 e. The number of hydrogen-bond acceptors (Lipinski definition) is 2. The van der Waals surface area contributed by atoms with Crippen molar-refractivity contribution >= 4 is 17.3 Å². The van der Waals surface area contributed by atoms with Gasteiger partial charge in [-0.05, 0) is 37.0 Å². The Kier molecular flexibility index (Phi) is 5.97. The quantitative estimate of drug-likeness (QED) is 0.852. The molecule has 0 fully saturated rings. The normalized spacial score (nSPS) is 14.3. The first-order valence-electron chi connectivity index (χ1n) is 6.69. The molecule has 0 bridgehead atoms. The molecule has 0 aliphatic carbocycles. The Morgan fingerprint density at radius 3 is 2.50 bits per heavy atom. The van der Waals surface area contributed by atoms with Crippen LogP contribution < -0.4 is 10.6 Å². The summed E-state index contributed by atoms with van der Waals surface area (Å²) in [6.45, 7) is 7.54. The van der Waals surface area contributed by atoms with Crippen LogP contribution in [0, 0.1) is 5.92 Å². The Bertz CT molecular complexity index is 377. The summed E-state index contributed by atoms with van der Waals surface area (Å²) < 4.78 is 0. The zero-order valence-corrected chi connectivity index (χ0v) is 12.7. The second kappa shape index (κ2) is 7.01. The number of anilines is 1. The monoisotopic (exact) mass is 268 g/mol. The molecule has 0 radical (unpaired) electrons. The first-order chi connectivity index (χ1) is 8.43. The van der Waals surface area contributed by atoms with Crippen molar-refractivity contribution in [2.24, 2.45) is 11.7 Å².